The number of nitrogens with one attached hydrogen (secondary N) is 1. The maximum atomic E-state index is 11.8. The minimum Gasteiger partial charge on any atom is -0.459 e. The van der Waals surface area contributed by atoms with Gasteiger partial charge in [0, 0.05) is 12.6 Å². The van der Waals surface area contributed by atoms with Crippen LogP contribution < -0.4 is 11.1 Å². The Bertz CT molecular complexity index is 440. The van der Waals surface area contributed by atoms with Gasteiger partial charge in [0.25, 0.3) is 5.91 Å². The van der Waals surface area contributed by atoms with E-state index < -0.39 is 5.91 Å². The predicted octanol–water partition coefficient (Wildman–Crippen LogP) is 0.205. The van der Waals surface area contributed by atoms with Gasteiger partial charge in [-0.25, -0.2) is 0 Å². The van der Waals surface area contributed by atoms with Crippen LogP contribution in [0.3, 0.4) is 0 Å². The molecule has 0 spiro atoms. The van der Waals surface area contributed by atoms with Gasteiger partial charge in [0.05, 0.1) is 12.8 Å². The highest BCUT2D eigenvalue weighted by molar-refractivity contribution is 6.03. The standard InChI is InChI=1S/C13H19N3O3/c1-16(10(7-14)9-4-5-9)8-12(17)15-13(18)11-3-2-6-19-11/h2-3,6,9-10H,4-5,7-8,14H2,1H3,(H,15,17,18). The highest BCUT2D eigenvalue weighted by Gasteiger charge is 2.33. The number of hydrogen-bond acceptors (Lipinski definition) is 5. The van der Waals surface area contributed by atoms with E-state index in [1.54, 1.807) is 6.07 Å². The first-order valence-corrected chi connectivity index (χ1v) is 6.39. The van der Waals surface area contributed by atoms with Crippen LogP contribution in [0.2, 0.25) is 0 Å². The highest BCUT2D eigenvalue weighted by atomic mass is 16.3. The second kappa shape index (κ2) is 5.99. The second-order valence-corrected chi connectivity index (χ2v) is 4.91. The molecule has 1 unspecified atom stereocenters. The lowest BCUT2D eigenvalue weighted by Gasteiger charge is -2.25. The van der Waals surface area contributed by atoms with Crippen LogP contribution in [0.15, 0.2) is 22.8 Å². The van der Waals surface area contributed by atoms with E-state index in [1.807, 2.05) is 11.9 Å². The maximum Gasteiger partial charge on any atom is 0.293 e. The Kier molecular flexibility index (Phi) is 4.34. The van der Waals surface area contributed by atoms with E-state index in [1.165, 1.54) is 25.2 Å². The molecule has 6 nitrogen and oxygen atoms in total. The number of nitrogens with two attached hydrogens (primary N) is 1. The molecule has 2 rings (SSSR count). The van der Waals surface area contributed by atoms with Crippen LogP contribution in [0.25, 0.3) is 0 Å². The van der Waals surface area contributed by atoms with Crippen molar-refractivity contribution in [2.24, 2.45) is 11.7 Å². The van der Waals surface area contributed by atoms with Gasteiger partial charge in [-0.05, 0) is 37.9 Å². The van der Waals surface area contributed by atoms with Crippen molar-refractivity contribution in [2.45, 2.75) is 18.9 Å². The molecule has 0 aromatic carbocycles. The van der Waals surface area contributed by atoms with Crippen molar-refractivity contribution in [1.82, 2.24) is 10.2 Å². The summed E-state index contributed by atoms with van der Waals surface area (Å²) in [4.78, 5) is 25.3. The third kappa shape index (κ3) is 3.65. The molecule has 19 heavy (non-hydrogen) atoms. The Balaban J connectivity index is 1.81. The third-order valence-corrected chi connectivity index (χ3v) is 3.36. The van der Waals surface area contributed by atoms with Crippen molar-refractivity contribution in [1.29, 1.82) is 0 Å². The number of imide groups is 1. The molecule has 2 amide bonds. The number of likely N-dealkylation sites (N-methyl/N-ethyl adjacent to an activating group) is 1. The molecule has 1 aliphatic carbocycles. The fraction of sp³-hybridized carbons (Fsp3) is 0.538. The van der Waals surface area contributed by atoms with Crippen LogP contribution in [0.1, 0.15) is 23.4 Å². The molecule has 1 fully saturated rings. The number of carbonyl (C=O) groups excluding carboxylic acids is 2. The van der Waals surface area contributed by atoms with Crippen LogP contribution in [-0.4, -0.2) is 42.9 Å². The predicted molar refractivity (Wildman–Crippen MR) is 69.4 cm³/mol. The van der Waals surface area contributed by atoms with Crippen LogP contribution in [0.5, 0.6) is 0 Å². The summed E-state index contributed by atoms with van der Waals surface area (Å²) in [6.45, 7) is 0.686. The van der Waals surface area contributed by atoms with Crippen molar-refractivity contribution >= 4 is 11.8 Å². The van der Waals surface area contributed by atoms with Gasteiger partial charge >= 0.3 is 0 Å². The summed E-state index contributed by atoms with van der Waals surface area (Å²) in [5.74, 6) is -0.140. The largest absolute Gasteiger partial charge is 0.459 e. The molecular formula is C13H19N3O3. The van der Waals surface area contributed by atoms with Crippen molar-refractivity contribution in [2.75, 3.05) is 20.1 Å². The second-order valence-electron chi connectivity index (χ2n) is 4.91. The normalized spacial score (nSPS) is 16.4. The Morgan fingerprint density at radius 3 is 2.84 bits per heavy atom. The summed E-state index contributed by atoms with van der Waals surface area (Å²) in [6, 6.07) is 3.33. The summed E-state index contributed by atoms with van der Waals surface area (Å²) in [5, 5.41) is 2.30. The van der Waals surface area contributed by atoms with Crippen molar-refractivity contribution in [3.05, 3.63) is 24.2 Å². The van der Waals surface area contributed by atoms with E-state index >= 15 is 0 Å². The maximum absolute atomic E-state index is 11.8. The lowest BCUT2D eigenvalue weighted by Crippen LogP contribution is -2.46. The summed E-state index contributed by atoms with van der Waals surface area (Å²) in [5.41, 5.74) is 5.71. The van der Waals surface area contributed by atoms with Crippen molar-refractivity contribution in [3.8, 4) is 0 Å². The third-order valence-electron chi connectivity index (χ3n) is 3.36. The van der Waals surface area contributed by atoms with E-state index in [2.05, 4.69) is 5.32 Å². The molecule has 0 bridgehead atoms. The fourth-order valence-electron chi connectivity index (χ4n) is 2.19. The van der Waals surface area contributed by atoms with Crippen molar-refractivity contribution < 1.29 is 14.0 Å². The number of carbonyl (C=O) groups is 2. The van der Waals surface area contributed by atoms with Gasteiger partial charge in [0.15, 0.2) is 5.76 Å². The molecule has 0 radical (unpaired) electrons. The van der Waals surface area contributed by atoms with Crippen LogP contribution in [-0.2, 0) is 4.79 Å². The van der Waals surface area contributed by atoms with Gasteiger partial charge in [0.1, 0.15) is 0 Å². The number of furan rings is 1. The molecule has 3 N–H and O–H groups in total. The molecule has 0 saturated heterocycles. The minimum absolute atomic E-state index is 0.133. The Hall–Kier alpha value is -1.66. The number of nitrogens with zero attached hydrogens (tertiary/aromatic N) is 1. The van der Waals surface area contributed by atoms with Gasteiger partial charge in [-0.2, -0.15) is 0 Å². The van der Waals surface area contributed by atoms with E-state index in [0.717, 1.165) is 0 Å². The molecule has 0 aliphatic heterocycles. The molecule has 1 heterocycles. The molecular weight excluding hydrogens is 246 g/mol. The Morgan fingerprint density at radius 1 is 1.58 bits per heavy atom. The Labute approximate surface area is 111 Å². The fourth-order valence-corrected chi connectivity index (χ4v) is 2.19. The zero-order valence-corrected chi connectivity index (χ0v) is 11.0. The SMILES string of the molecule is CN(CC(=O)NC(=O)c1ccco1)C(CN)C1CC1. The first kappa shape index (κ1) is 13.8. The van der Waals surface area contributed by atoms with Gasteiger partial charge in [-0.1, -0.05) is 0 Å². The summed E-state index contributed by atoms with van der Waals surface area (Å²) in [6.07, 6.45) is 3.72. The van der Waals surface area contributed by atoms with Gasteiger partial charge in [0.2, 0.25) is 5.91 Å². The number of hydrogen-bond donors (Lipinski definition) is 2. The molecule has 1 atom stereocenters. The number of rotatable bonds is 6. The Morgan fingerprint density at radius 2 is 2.32 bits per heavy atom. The zero-order valence-electron chi connectivity index (χ0n) is 11.0. The molecule has 1 saturated carbocycles. The van der Waals surface area contributed by atoms with E-state index in [9.17, 15) is 9.59 Å². The first-order chi connectivity index (χ1) is 9.11. The monoisotopic (exact) mass is 265 g/mol. The highest BCUT2D eigenvalue weighted by Crippen LogP contribution is 2.34. The molecule has 1 aromatic heterocycles. The van der Waals surface area contributed by atoms with Gasteiger partial charge in [-0.3, -0.25) is 19.8 Å². The molecule has 6 heteroatoms. The molecule has 104 valence electrons. The van der Waals surface area contributed by atoms with Crippen LogP contribution in [0.4, 0.5) is 0 Å². The zero-order chi connectivity index (χ0) is 13.8. The van der Waals surface area contributed by atoms with Crippen molar-refractivity contribution in [3.63, 3.8) is 0 Å². The average Bonchev–Trinajstić information content (AvgIpc) is 3.03. The van der Waals surface area contributed by atoms with E-state index in [4.69, 9.17) is 10.2 Å². The topological polar surface area (TPSA) is 88.6 Å². The molecule has 1 aromatic rings. The average molecular weight is 265 g/mol. The summed E-state index contributed by atoms with van der Waals surface area (Å²) >= 11 is 0. The van der Waals surface area contributed by atoms with Crippen LogP contribution >= 0.6 is 0 Å². The van der Waals surface area contributed by atoms with Gasteiger partial charge in [-0.15, -0.1) is 0 Å². The van der Waals surface area contributed by atoms with E-state index in [0.29, 0.717) is 12.5 Å². The molecule has 1 aliphatic rings. The quantitative estimate of drug-likeness (QED) is 0.767. The summed E-state index contributed by atoms with van der Waals surface area (Å²) in [7, 11) is 1.85. The minimum atomic E-state index is -0.515. The van der Waals surface area contributed by atoms with E-state index in [-0.39, 0.29) is 24.3 Å². The lowest BCUT2D eigenvalue weighted by atomic mass is 10.1. The van der Waals surface area contributed by atoms with Crippen LogP contribution in [0, 0.1) is 5.92 Å². The lowest BCUT2D eigenvalue weighted by molar-refractivity contribution is -0.121. The number of amides is 2. The smallest absolute Gasteiger partial charge is 0.293 e. The first-order valence-electron chi connectivity index (χ1n) is 6.39. The summed E-state index contributed by atoms with van der Waals surface area (Å²) < 4.78 is 4.92. The van der Waals surface area contributed by atoms with Gasteiger partial charge < -0.3 is 10.2 Å².